The fourth-order valence-electron chi connectivity index (χ4n) is 2.63. The highest BCUT2D eigenvalue weighted by molar-refractivity contribution is 5.38. The lowest BCUT2D eigenvalue weighted by Crippen LogP contribution is -2.46. The molecular formula is C16H19FN4O. The van der Waals surface area contributed by atoms with Gasteiger partial charge in [0.15, 0.2) is 0 Å². The van der Waals surface area contributed by atoms with Gasteiger partial charge >= 0.3 is 0 Å². The van der Waals surface area contributed by atoms with Gasteiger partial charge in [-0.25, -0.2) is 9.97 Å². The van der Waals surface area contributed by atoms with Gasteiger partial charge in [-0.2, -0.15) is 4.39 Å². The Kier molecular flexibility index (Phi) is 4.48. The summed E-state index contributed by atoms with van der Waals surface area (Å²) in [6.07, 6.45) is 1.76. The Labute approximate surface area is 129 Å². The number of hydrogen-bond acceptors (Lipinski definition) is 5. The summed E-state index contributed by atoms with van der Waals surface area (Å²) in [5.41, 5.74) is 1.18. The normalized spacial score (nSPS) is 15.8. The van der Waals surface area contributed by atoms with E-state index in [0.717, 1.165) is 32.7 Å². The van der Waals surface area contributed by atoms with E-state index in [0.29, 0.717) is 11.7 Å². The molecule has 1 aliphatic heterocycles. The Hall–Kier alpha value is -2.21. The van der Waals surface area contributed by atoms with Crippen molar-refractivity contribution in [3.63, 3.8) is 0 Å². The minimum Gasteiger partial charge on any atom is -0.481 e. The van der Waals surface area contributed by atoms with Gasteiger partial charge in [0, 0.05) is 45.0 Å². The molecule has 0 aliphatic carbocycles. The van der Waals surface area contributed by atoms with Crippen molar-refractivity contribution in [2.45, 2.75) is 6.54 Å². The highest BCUT2D eigenvalue weighted by atomic mass is 19.1. The van der Waals surface area contributed by atoms with Gasteiger partial charge in [0.05, 0.1) is 7.11 Å². The molecule has 0 saturated carbocycles. The summed E-state index contributed by atoms with van der Waals surface area (Å²) in [7, 11) is 1.62. The highest BCUT2D eigenvalue weighted by Gasteiger charge is 2.18. The lowest BCUT2D eigenvalue weighted by molar-refractivity contribution is 0.248. The zero-order valence-corrected chi connectivity index (χ0v) is 12.6. The van der Waals surface area contributed by atoms with Crippen LogP contribution in [-0.4, -0.2) is 48.2 Å². The smallest absolute Gasteiger partial charge is 0.214 e. The lowest BCUT2D eigenvalue weighted by atomic mass is 10.2. The van der Waals surface area contributed by atoms with Crippen LogP contribution in [0.15, 0.2) is 36.5 Å². The Morgan fingerprint density at radius 2 is 2.00 bits per heavy atom. The number of aromatic nitrogens is 2. The number of rotatable bonds is 4. The number of ether oxygens (including phenoxy) is 1. The molecule has 3 rings (SSSR count). The van der Waals surface area contributed by atoms with Crippen LogP contribution in [0.5, 0.6) is 5.88 Å². The topological polar surface area (TPSA) is 41.5 Å². The molecule has 0 bridgehead atoms. The van der Waals surface area contributed by atoms with Crippen LogP contribution in [0.1, 0.15) is 5.56 Å². The summed E-state index contributed by atoms with van der Waals surface area (Å²) in [4.78, 5) is 12.5. The zero-order chi connectivity index (χ0) is 15.4. The van der Waals surface area contributed by atoms with E-state index in [1.807, 2.05) is 18.2 Å². The van der Waals surface area contributed by atoms with E-state index in [9.17, 15) is 4.39 Å². The summed E-state index contributed by atoms with van der Waals surface area (Å²) >= 11 is 0. The maximum Gasteiger partial charge on any atom is 0.214 e. The largest absolute Gasteiger partial charge is 0.481 e. The van der Waals surface area contributed by atoms with Gasteiger partial charge < -0.3 is 9.64 Å². The number of methoxy groups -OCH3 is 1. The molecule has 0 N–H and O–H groups in total. The van der Waals surface area contributed by atoms with E-state index < -0.39 is 5.95 Å². The highest BCUT2D eigenvalue weighted by Crippen LogP contribution is 2.16. The Bertz CT molecular complexity index is 629. The Morgan fingerprint density at radius 1 is 1.18 bits per heavy atom. The standard InChI is InChI=1S/C16H19FN4O/c1-22-16-11-13(5-6-18-16)12-20-7-9-21(10-8-20)15-4-2-3-14(17)19-15/h2-6,11H,7-10,12H2,1H3. The van der Waals surface area contributed by atoms with Gasteiger partial charge in [-0.15, -0.1) is 0 Å². The molecule has 0 atom stereocenters. The van der Waals surface area contributed by atoms with Crippen LogP contribution in [0.25, 0.3) is 0 Å². The van der Waals surface area contributed by atoms with Gasteiger partial charge in [0.2, 0.25) is 11.8 Å². The molecule has 0 aromatic carbocycles. The molecule has 116 valence electrons. The molecule has 1 saturated heterocycles. The van der Waals surface area contributed by atoms with Crippen molar-refractivity contribution in [1.82, 2.24) is 14.9 Å². The summed E-state index contributed by atoms with van der Waals surface area (Å²) in [5, 5.41) is 0. The van der Waals surface area contributed by atoms with Crippen molar-refractivity contribution in [2.75, 3.05) is 38.2 Å². The molecule has 1 aliphatic rings. The molecule has 3 heterocycles. The van der Waals surface area contributed by atoms with Crippen LogP contribution in [0.4, 0.5) is 10.2 Å². The zero-order valence-electron chi connectivity index (χ0n) is 12.6. The van der Waals surface area contributed by atoms with Crippen molar-refractivity contribution >= 4 is 5.82 Å². The van der Waals surface area contributed by atoms with Gasteiger partial charge in [-0.1, -0.05) is 6.07 Å². The molecule has 0 spiro atoms. The number of anilines is 1. The van der Waals surface area contributed by atoms with Crippen molar-refractivity contribution in [1.29, 1.82) is 0 Å². The number of piperazine rings is 1. The van der Waals surface area contributed by atoms with Gasteiger partial charge in [-0.3, -0.25) is 4.90 Å². The lowest BCUT2D eigenvalue weighted by Gasteiger charge is -2.35. The fraction of sp³-hybridized carbons (Fsp3) is 0.375. The first-order valence-corrected chi connectivity index (χ1v) is 7.33. The second-order valence-corrected chi connectivity index (χ2v) is 5.29. The number of hydrogen-bond donors (Lipinski definition) is 0. The predicted octanol–water partition coefficient (Wildman–Crippen LogP) is 1.95. The first-order chi connectivity index (χ1) is 10.7. The monoisotopic (exact) mass is 302 g/mol. The summed E-state index contributed by atoms with van der Waals surface area (Å²) in [6, 6.07) is 8.89. The van der Waals surface area contributed by atoms with Gasteiger partial charge in [-0.05, 0) is 23.8 Å². The van der Waals surface area contributed by atoms with Crippen molar-refractivity contribution in [3.8, 4) is 5.88 Å². The van der Waals surface area contributed by atoms with Gasteiger partial charge in [0.1, 0.15) is 5.82 Å². The maximum atomic E-state index is 13.2. The number of pyridine rings is 2. The Balaban J connectivity index is 1.57. The first kappa shape index (κ1) is 14.7. The quantitative estimate of drug-likeness (QED) is 0.808. The first-order valence-electron chi connectivity index (χ1n) is 7.33. The van der Waals surface area contributed by atoms with E-state index in [1.54, 1.807) is 19.4 Å². The molecule has 22 heavy (non-hydrogen) atoms. The summed E-state index contributed by atoms with van der Waals surface area (Å²) < 4.78 is 18.3. The number of nitrogens with zero attached hydrogens (tertiary/aromatic N) is 4. The minimum atomic E-state index is -0.427. The van der Waals surface area contributed by atoms with Gasteiger partial charge in [0.25, 0.3) is 0 Å². The SMILES string of the molecule is COc1cc(CN2CCN(c3cccc(F)n3)CC2)ccn1. The van der Waals surface area contributed by atoms with Crippen LogP contribution in [0, 0.1) is 5.95 Å². The van der Waals surface area contributed by atoms with Crippen LogP contribution in [0.3, 0.4) is 0 Å². The summed E-state index contributed by atoms with van der Waals surface area (Å²) in [5.74, 6) is 0.925. The molecule has 0 amide bonds. The molecule has 2 aromatic rings. The molecule has 5 nitrogen and oxygen atoms in total. The molecule has 6 heteroatoms. The van der Waals surface area contributed by atoms with E-state index in [1.165, 1.54) is 11.6 Å². The van der Waals surface area contributed by atoms with Crippen molar-refractivity contribution < 1.29 is 9.13 Å². The van der Waals surface area contributed by atoms with Crippen LogP contribution < -0.4 is 9.64 Å². The summed E-state index contributed by atoms with van der Waals surface area (Å²) in [6.45, 7) is 4.40. The third-order valence-corrected chi connectivity index (χ3v) is 3.81. The second kappa shape index (κ2) is 6.70. The minimum absolute atomic E-state index is 0.427. The fourth-order valence-corrected chi connectivity index (χ4v) is 2.63. The molecule has 0 radical (unpaired) electrons. The van der Waals surface area contributed by atoms with E-state index in [2.05, 4.69) is 19.8 Å². The average molecular weight is 302 g/mol. The van der Waals surface area contributed by atoms with Crippen molar-refractivity contribution in [2.24, 2.45) is 0 Å². The Morgan fingerprint density at radius 3 is 2.73 bits per heavy atom. The third kappa shape index (κ3) is 3.51. The van der Waals surface area contributed by atoms with E-state index in [-0.39, 0.29) is 0 Å². The second-order valence-electron chi connectivity index (χ2n) is 5.29. The van der Waals surface area contributed by atoms with Crippen LogP contribution >= 0.6 is 0 Å². The average Bonchev–Trinajstić information content (AvgIpc) is 2.56. The number of halogens is 1. The van der Waals surface area contributed by atoms with E-state index in [4.69, 9.17) is 4.74 Å². The third-order valence-electron chi connectivity index (χ3n) is 3.81. The maximum absolute atomic E-state index is 13.2. The predicted molar refractivity (Wildman–Crippen MR) is 82.5 cm³/mol. The molecule has 2 aromatic heterocycles. The van der Waals surface area contributed by atoms with Crippen LogP contribution in [0.2, 0.25) is 0 Å². The molecular weight excluding hydrogens is 283 g/mol. The molecule has 1 fully saturated rings. The molecule has 0 unspecified atom stereocenters. The van der Waals surface area contributed by atoms with E-state index >= 15 is 0 Å². The van der Waals surface area contributed by atoms with Crippen molar-refractivity contribution in [3.05, 3.63) is 48.0 Å². The van der Waals surface area contributed by atoms with Crippen LogP contribution in [-0.2, 0) is 6.54 Å².